The standard InChI is InChI=1S/C46H52N8O8/c1-23-15-36(53(21-23)43(55)39(52-46(58)60-4)25-11-13-61-14-12-25)41-47-20-34(49-41)27-5-8-30-28(17-27)22-62-37-19-31-26(18-32(30)37)6-9-33-40(31)50-42(48-33)35-10-7-29-16-24(2)38(44(56)54(29)35)51-45(57)59-3/h5-6,8-9,17-20,23-25,29,35-36,38-39H,7,10-16,21-22H2,1-4H3,(H,47,49)(H,48,50)(H,51,57)(H,52,58)/t23-,24?,29+,35-,36-,38-,39-/m0/s1. The first-order chi connectivity index (χ1) is 30.1. The summed E-state index contributed by atoms with van der Waals surface area (Å²) in [6, 6.07) is 12.9. The fourth-order valence-electron chi connectivity index (χ4n) is 10.7. The fourth-order valence-corrected chi connectivity index (χ4v) is 10.7. The minimum absolute atomic E-state index is 0.00100. The van der Waals surface area contributed by atoms with Crippen LogP contribution in [0.15, 0.2) is 48.7 Å². The van der Waals surface area contributed by atoms with Gasteiger partial charge in [-0.25, -0.2) is 19.6 Å². The summed E-state index contributed by atoms with van der Waals surface area (Å²) in [4.78, 5) is 73.2. The average Bonchev–Trinajstić information content (AvgIpc) is 4.12. The maximum absolute atomic E-state index is 14.2. The number of piperidine rings is 1. The van der Waals surface area contributed by atoms with Gasteiger partial charge in [-0.3, -0.25) is 9.59 Å². The number of alkyl carbamates (subject to hydrolysis) is 2. The summed E-state index contributed by atoms with van der Waals surface area (Å²) >= 11 is 0. The molecule has 62 heavy (non-hydrogen) atoms. The molecule has 324 valence electrons. The fraction of sp³-hybridized carbons (Fsp3) is 0.478. The number of aromatic amines is 2. The van der Waals surface area contributed by atoms with Crippen LogP contribution in [0.1, 0.15) is 81.7 Å². The summed E-state index contributed by atoms with van der Waals surface area (Å²) in [6.07, 6.45) is 5.18. The molecule has 7 atom stereocenters. The van der Waals surface area contributed by atoms with E-state index in [4.69, 9.17) is 28.9 Å². The van der Waals surface area contributed by atoms with Gasteiger partial charge in [-0.2, -0.15) is 0 Å². The van der Waals surface area contributed by atoms with Crippen LogP contribution in [0.2, 0.25) is 0 Å². The number of imidazole rings is 2. The number of hydrogen-bond acceptors (Lipinski definition) is 10. The number of amides is 4. The van der Waals surface area contributed by atoms with E-state index in [2.05, 4.69) is 63.9 Å². The molecule has 4 N–H and O–H groups in total. The van der Waals surface area contributed by atoms with E-state index >= 15 is 0 Å². The molecule has 5 aliphatic rings. The van der Waals surface area contributed by atoms with Gasteiger partial charge in [0.2, 0.25) is 11.8 Å². The molecule has 1 unspecified atom stereocenters. The number of methoxy groups -OCH3 is 2. The monoisotopic (exact) mass is 844 g/mol. The molecule has 3 aromatic carbocycles. The molecule has 4 amide bonds. The van der Waals surface area contributed by atoms with Crippen molar-refractivity contribution in [2.45, 2.75) is 89.2 Å². The smallest absolute Gasteiger partial charge is 0.407 e. The Bertz CT molecular complexity index is 2580. The first kappa shape index (κ1) is 39.9. The summed E-state index contributed by atoms with van der Waals surface area (Å²) in [7, 11) is 2.61. The first-order valence-electron chi connectivity index (χ1n) is 21.8. The number of benzene rings is 3. The quantitative estimate of drug-likeness (QED) is 0.140. The summed E-state index contributed by atoms with van der Waals surface area (Å²) in [6.45, 7) is 6.19. The number of nitrogens with zero attached hydrogens (tertiary/aromatic N) is 4. The van der Waals surface area contributed by atoms with E-state index in [1.165, 1.54) is 14.2 Å². The van der Waals surface area contributed by atoms with E-state index in [1.54, 1.807) is 0 Å². The first-order valence-corrected chi connectivity index (χ1v) is 21.8. The number of aromatic nitrogens is 4. The molecule has 2 aromatic heterocycles. The predicted octanol–water partition coefficient (Wildman–Crippen LogP) is 6.52. The summed E-state index contributed by atoms with van der Waals surface area (Å²) < 4.78 is 21.7. The van der Waals surface area contributed by atoms with E-state index in [0.717, 1.165) is 87.0 Å². The highest BCUT2D eigenvalue weighted by atomic mass is 16.5. The molecule has 4 fully saturated rings. The number of carbonyl (C=O) groups excluding carboxylic acids is 4. The molecule has 10 rings (SSSR count). The van der Waals surface area contributed by atoms with Crippen LogP contribution in [0, 0.1) is 17.8 Å². The molecule has 0 bridgehead atoms. The Kier molecular flexibility index (Phi) is 10.3. The number of H-pyrrole nitrogens is 2. The second-order valence-corrected chi connectivity index (χ2v) is 17.7. The third kappa shape index (κ3) is 6.97. The highest BCUT2D eigenvalue weighted by Crippen LogP contribution is 2.45. The number of hydrogen-bond donors (Lipinski definition) is 4. The number of nitrogens with one attached hydrogen (secondary N) is 4. The van der Waals surface area contributed by atoms with Crippen LogP contribution < -0.4 is 15.4 Å². The summed E-state index contributed by atoms with van der Waals surface area (Å²) in [5.74, 6) is 2.22. The Morgan fingerprint density at radius 3 is 2.53 bits per heavy atom. The lowest BCUT2D eigenvalue weighted by molar-refractivity contribution is -0.142. The Balaban J connectivity index is 0.894. The number of fused-ring (bicyclic) bond motifs is 7. The van der Waals surface area contributed by atoms with Crippen molar-refractivity contribution in [3.8, 4) is 28.1 Å². The van der Waals surface area contributed by atoms with Crippen LogP contribution in [-0.2, 0) is 30.4 Å². The molecule has 16 nitrogen and oxygen atoms in total. The van der Waals surface area contributed by atoms with Gasteiger partial charge >= 0.3 is 12.2 Å². The van der Waals surface area contributed by atoms with E-state index in [1.807, 2.05) is 29.0 Å². The molecule has 0 aliphatic carbocycles. The highest BCUT2D eigenvalue weighted by Gasteiger charge is 2.48. The molecule has 5 aromatic rings. The van der Waals surface area contributed by atoms with Crippen molar-refractivity contribution in [3.63, 3.8) is 0 Å². The van der Waals surface area contributed by atoms with E-state index < -0.39 is 24.3 Å². The number of rotatable bonds is 7. The van der Waals surface area contributed by atoms with Gasteiger partial charge in [0.25, 0.3) is 0 Å². The van der Waals surface area contributed by atoms with E-state index in [0.29, 0.717) is 45.0 Å². The zero-order valence-electron chi connectivity index (χ0n) is 35.4. The van der Waals surface area contributed by atoms with E-state index in [-0.39, 0.29) is 47.7 Å². The van der Waals surface area contributed by atoms with Gasteiger partial charge in [0.15, 0.2) is 0 Å². The van der Waals surface area contributed by atoms with E-state index in [9.17, 15) is 19.2 Å². The molecular weight excluding hydrogens is 793 g/mol. The molecule has 5 aliphatic heterocycles. The molecular formula is C46H52N8O8. The third-order valence-corrected chi connectivity index (χ3v) is 13.9. The molecule has 4 saturated heterocycles. The van der Waals surface area contributed by atoms with Crippen molar-refractivity contribution in [2.24, 2.45) is 17.8 Å². The number of carbonyl (C=O) groups is 4. The van der Waals surface area contributed by atoms with Crippen LogP contribution in [0.25, 0.3) is 44.2 Å². The third-order valence-electron chi connectivity index (χ3n) is 13.9. The Morgan fingerprint density at radius 1 is 0.903 bits per heavy atom. The van der Waals surface area contributed by atoms with Crippen LogP contribution >= 0.6 is 0 Å². The van der Waals surface area contributed by atoms with Crippen molar-refractivity contribution in [1.29, 1.82) is 0 Å². The van der Waals surface area contributed by atoms with Gasteiger partial charge in [-0.05, 0) is 103 Å². The van der Waals surface area contributed by atoms with Crippen molar-refractivity contribution in [3.05, 3.63) is 65.9 Å². The lowest BCUT2D eigenvalue weighted by Gasteiger charge is -2.41. The largest absolute Gasteiger partial charge is 0.488 e. The SMILES string of the molecule is COC(=O)N[C@@H]1C(=O)N2[C@H](CC[C@H]2c2nc3ccc4cc5c(cc4c3[nH]2)OCc2cc(-c3cnc([C@@H]4C[C@H](C)CN4C(=O)[C@@H](NC(=O)OC)C4CCOCC4)[nH]3)ccc2-5)CC1C. The molecule has 0 saturated carbocycles. The Labute approximate surface area is 358 Å². The normalized spacial score (nSPS) is 25.2. The van der Waals surface area contributed by atoms with Crippen molar-refractivity contribution >= 4 is 45.8 Å². The van der Waals surface area contributed by atoms with Gasteiger partial charge < -0.3 is 49.3 Å². The number of likely N-dealkylation sites (tertiary alicyclic amines) is 1. The molecule has 16 heteroatoms. The maximum Gasteiger partial charge on any atom is 0.407 e. The molecule has 0 spiro atoms. The van der Waals surface area contributed by atoms with Gasteiger partial charge in [0.05, 0.1) is 49.2 Å². The molecule has 7 heterocycles. The van der Waals surface area contributed by atoms with Gasteiger partial charge in [-0.15, -0.1) is 0 Å². The predicted molar refractivity (Wildman–Crippen MR) is 228 cm³/mol. The Hall–Kier alpha value is -6.16. The highest BCUT2D eigenvalue weighted by molar-refractivity contribution is 6.07. The van der Waals surface area contributed by atoms with Crippen molar-refractivity contribution in [2.75, 3.05) is 34.0 Å². The van der Waals surface area contributed by atoms with Gasteiger partial charge in [0.1, 0.15) is 36.1 Å². The molecule has 0 radical (unpaired) electrons. The topological polar surface area (TPSA) is 193 Å². The zero-order chi connectivity index (χ0) is 42.8. The van der Waals surface area contributed by atoms with Crippen molar-refractivity contribution in [1.82, 2.24) is 40.4 Å². The van der Waals surface area contributed by atoms with Crippen LogP contribution in [0.5, 0.6) is 5.75 Å². The van der Waals surface area contributed by atoms with Crippen LogP contribution in [0.3, 0.4) is 0 Å². The lowest BCUT2D eigenvalue weighted by Crippen LogP contribution is -2.58. The average molecular weight is 845 g/mol. The van der Waals surface area contributed by atoms with Gasteiger partial charge in [-0.1, -0.05) is 32.0 Å². The van der Waals surface area contributed by atoms with Crippen molar-refractivity contribution < 1.29 is 38.1 Å². The zero-order valence-corrected chi connectivity index (χ0v) is 35.4. The Morgan fingerprint density at radius 2 is 1.73 bits per heavy atom. The number of ether oxygens (including phenoxy) is 4. The second kappa shape index (κ2) is 15.9. The minimum atomic E-state index is -0.708. The maximum atomic E-state index is 14.2. The summed E-state index contributed by atoms with van der Waals surface area (Å²) in [5.41, 5.74) is 6.64. The minimum Gasteiger partial charge on any atom is -0.488 e. The lowest BCUT2D eigenvalue weighted by atomic mass is 9.88. The van der Waals surface area contributed by atoms with Crippen LogP contribution in [0.4, 0.5) is 9.59 Å². The van der Waals surface area contributed by atoms with Crippen LogP contribution in [-0.4, -0.2) is 106 Å². The summed E-state index contributed by atoms with van der Waals surface area (Å²) in [5, 5.41) is 7.61. The second-order valence-electron chi connectivity index (χ2n) is 17.7. The van der Waals surface area contributed by atoms with Gasteiger partial charge in [0, 0.05) is 36.8 Å².